The molecular formula is C22H32N4O6. The Balaban J connectivity index is 1.67. The molecule has 0 bridgehead atoms. The van der Waals surface area contributed by atoms with Crippen LogP contribution in [0, 0.1) is 0 Å². The highest BCUT2D eigenvalue weighted by Crippen LogP contribution is 2.32. The number of nitrogens with zero attached hydrogens (tertiary/aromatic N) is 1. The molecular weight excluding hydrogens is 416 g/mol. The Morgan fingerprint density at radius 1 is 1.25 bits per heavy atom. The summed E-state index contributed by atoms with van der Waals surface area (Å²) in [6.07, 6.45) is 1.07. The van der Waals surface area contributed by atoms with E-state index in [1.54, 1.807) is 37.3 Å². The zero-order chi connectivity index (χ0) is 23.1. The first-order chi connectivity index (χ1) is 15.4. The molecule has 2 aliphatic heterocycles. The minimum atomic E-state index is -0.337. The fourth-order valence-corrected chi connectivity index (χ4v) is 4.01. The second kappa shape index (κ2) is 11.1. The van der Waals surface area contributed by atoms with Gasteiger partial charge in [-0.15, -0.1) is 0 Å². The van der Waals surface area contributed by atoms with Crippen LogP contribution in [-0.2, 0) is 14.3 Å². The zero-order valence-electron chi connectivity index (χ0n) is 18.8. The number of likely N-dealkylation sites (N-methyl/N-ethyl adjacent to an activating group) is 1. The van der Waals surface area contributed by atoms with E-state index in [9.17, 15) is 14.4 Å². The molecule has 2 heterocycles. The lowest BCUT2D eigenvalue weighted by atomic mass is 9.94. The monoisotopic (exact) mass is 448 g/mol. The van der Waals surface area contributed by atoms with Gasteiger partial charge in [0.25, 0.3) is 5.91 Å². The Morgan fingerprint density at radius 3 is 2.81 bits per heavy atom. The molecule has 10 nitrogen and oxygen atoms in total. The van der Waals surface area contributed by atoms with Gasteiger partial charge in [0.2, 0.25) is 5.91 Å². The number of ether oxygens (including phenoxy) is 3. The predicted molar refractivity (Wildman–Crippen MR) is 118 cm³/mol. The molecule has 176 valence electrons. The van der Waals surface area contributed by atoms with Crippen LogP contribution in [0.3, 0.4) is 0 Å². The summed E-state index contributed by atoms with van der Waals surface area (Å²) in [5.41, 5.74) is 0.900. The van der Waals surface area contributed by atoms with Crippen LogP contribution in [0.2, 0.25) is 0 Å². The van der Waals surface area contributed by atoms with Crippen LogP contribution in [-0.4, -0.2) is 81.5 Å². The average molecular weight is 449 g/mol. The molecule has 3 atom stereocenters. The minimum absolute atomic E-state index is 0.0841. The van der Waals surface area contributed by atoms with Crippen molar-refractivity contribution >= 4 is 23.5 Å². The van der Waals surface area contributed by atoms with Crippen LogP contribution in [0.4, 0.5) is 10.5 Å². The van der Waals surface area contributed by atoms with Gasteiger partial charge < -0.3 is 35.1 Å². The maximum absolute atomic E-state index is 13.2. The topological polar surface area (TPSA) is 118 Å². The number of hydrogen-bond acceptors (Lipinski definition) is 6. The average Bonchev–Trinajstić information content (AvgIpc) is 2.77. The lowest BCUT2D eigenvalue weighted by Gasteiger charge is -2.42. The molecule has 1 aromatic rings. The minimum Gasteiger partial charge on any atom is -0.490 e. The number of anilines is 1. The van der Waals surface area contributed by atoms with Gasteiger partial charge in [-0.25, -0.2) is 4.79 Å². The van der Waals surface area contributed by atoms with Gasteiger partial charge in [0.1, 0.15) is 18.5 Å². The zero-order valence-corrected chi connectivity index (χ0v) is 18.8. The third-order valence-electron chi connectivity index (χ3n) is 5.65. The number of rotatable bonds is 7. The molecule has 3 N–H and O–H groups in total. The first kappa shape index (κ1) is 23.8. The quantitative estimate of drug-likeness (QED) is 0.542. The van der Waals surface area contributed by atoms with E-state index >= 15 is 0 Å². The van der Waals surface area contributed by atoms with E-state index in [2.05, 4.69) is 16.0 Å². The van der Waals surface area contributed by atoms with Crippen molar-refractivity contribution in [1.82, 2.24) is 15.5 Å². The molecule has 0 radical (unpaired) electrons. The summed E-state index contributed by atoms with van der Waals surface area (Å²) in [7, 11) is 3.34. The van der Waals surface area contributed by atoms with Crippen LogP contribution in [0.5, 0.6) is 5.75 Å². The number of carbonyl (C=O) groups is 3. The number of methoxy groups -OCH3 is 1. The number of nitrogens with one attached hydrogen (secondary N) is 3. The van der Waals surface area contributed by atoms with E-state index in [0.717, 1.165) is 0 Å². The van der Waals surface area contributed by atoms with Gasteiger partial charge in [-0.05, 0) is 38.0 Å². The van der Waals surface area contributed by atoms with Crippen LogP contribution < -0.4 is 20.7 Å². The van der Waals surface area contributed by atoms with Crippen molar-refractivity contribution < 1.29 is 28.6 Å². The van der Waals surface area contributed by atoms with Gasteiger partial charge in [0.15, 0.2) is 0 Å². The molecule has 1 aromatic carbocycles. The van der Waals surface area contributed by atoms with Crippen molar-refractivity contribution in [1.29, 1.82) is 0 Å². The summed E-state index contributed by atoms with van der Waals surface area (Å²) in [5.74, 6) is 0.151. The summed E-state index contributed by atoms with van der Waals surface area (Å²) in [6, 6.07) is 4.49. The molecule has 0 spiro atoms. The van der Waals surface area contributed by atoms with Crippen LogP contribution in [0.15, 0.2) is 18.2 Å². The SMILES string of the molecule is CCNC(=O)Nc1ccc2c(c1)C(=O)N(C)[C@@H]1CC[C@@H](CC(=O)NCCOC)O[C@H]1CO2. The molecule has 0 aromatic heterocycles. The van der Waals surface area contributed by atoms with Crippen molar-refractivity contribution in [2.24, 2.45) is 0 Å². The van der Waals surface area contributed by atoms with Gasteiger partial charge in [-0.1, -0.05) is 0 Å². The molecule has 4 amide bonds. The molecule has 0 unspecified atom stereocenters. The largest absolute Gasteiger partial charge is 0.490 e. The fourth-order valence-electron chi connectivity index (χ4n) is 4.01. The van der Waals surface area contributed by atoms with Gasteiger partial charge in [0, 0.05) is 32.9 Å². The molecule has 10 heteroatoms. The van der Waals surface area contributed by atoms with E-state index < -0.39 is 0 Å². The molecule has 1 saturated heterocycles. The van der Waals surface area contributed by atoms with E-state index in [1.807, 2.05) is 6.92 Å². The predicted octanol–water partition coefficient (Wildman–Crippen LogP) is 1.36. The van der Waals surface area contributed by atoms with Crippen LogP contribution in [0.1, 0.15) is 36.5 Å². The van der Waals surface area contributed by atoms with Gasteiger partial charge in [-0.2, -0.15) is 0 Å². The Labute approximate surface area is 187 Å². The summed E-state index contributed by atoms with van der Waals surface area (Å²) < 4.78 is 17.0. The van der Waals surface area contributed by atoms with Crippen LogP contribution >= 0.6 is 0 Å². The highest BCUT2D eigenvalue weighted by molar-refractivity contribution is 5.99. The van der Waals surface area contributed by atoms with Crippen molar-refractivity contribution in [3.05, 3.63) is 23.8 Å². The Bertz CT molecular complexity index is 833. The standard InChI is InChI=1S/C22H32N4O6/c1-4-23-22(29)25-14-5-8-18-16(11-14)21(28)26(2)17-7-6-15(32-19(17)13-31-18)12-20(27)24-9-10-30-3/h5,8,11,15,17,19H,4,6-7,9-10,12-13H2,1-3H3,(H,24,27)(H2,23,25,29)/t15-,17+,19-/m0/s1. The summed E-state index contributed by atoms with van der Waals surface area (Å²) in [6.45, 7) is 3.51. The number of urea groups is 1. The van der Waals surface area contributed by atoms with E-state index in [-0.39, 0.29) is 49.1 Å². The Hall–Kier alpha value is -2.85. The molecule has 32 heavy (non-hydrogen) atoms. The summed E-state index contributed by atoms with van der Waals surface area (Å²) in [4.78, 5) is 38.8. The van der Waals surface area contributed by atoms with Gasteiger partial charge in [0.05, 0.1) is 30.7 Å². The number of carbonyl (C=O) groups excluding carboxylic acids is 3. The first-order valence-corrected chi connectivity index (χ1v) is 10.9. The highest BCUT2D eigenvalue weighted by atomic mass is 16.5. The fraction of sp³-hybridized carbons (Fsp3) is 0.591. The Kier molecular flexibility index (Phi) is 8.29. The second-order valence-corrected chi connectivity index (χ2v) is 7.91. The maximum atomic E-state index is 13.2. The third-order valence-corrected chi connectivity index (χ3v) is 5.65. The number of fused-ring (bicyclic) bond motifs is 2. The van der Waals surface area contributed by atoms with E-state index in [1.165, 1.54) is 0 Å². The van der Waals surface area contributed by atoms with E-state index in [4.69, 9.17) is 14.2 Å². The Morgan fingerprint density at radius 2 is 2.06 bits per heavy atom. The lowest BCUT2D eigenvalue weighted by Crippen LogP contribution is -2.54. The number of benzene rings is 1. The van der Waals surface area contributed by atoms with Crippen molar-refractivity contribution in [3.8, 4) is 5.75 Å². The molecule has 3 rings (SSSR count). The summed E-state index contributed by atoms with van der Waals surface area (Å²) in [5, 5.41) is 8.18. The molecule has 0 saturated carbocycles. The normalized spacial score (nSPS) is 22.5. The molecule has 0 aliphatic carbocycles. The maximum Gasteiger partial charge on any atom is 0.319 e. The highest BCUT2D eigenvalue weighted by Gasteiger charge is 2.39. The van der Waals surface area contributed by atoms with Gasteiger partial charge in [-0.3, -0.25) is 9.59 Å². The molecule has 1 fully saturated rings. The lowest BCUT2D eigenvalue weighted by molar-refractivity contribution is -0.134. The van der Waals surface area contributed by atoms with Crippen molar-refractivity contribution in [2.45, 2.75) is 44.4 Å². The summed E-state index contributed by atoms with van der Waals surface area (Å²) >= 11 is 0. The smallest absolute Gasteiger partial charge is 0.319 e. The second-order valence-electron chi connectivity index (χ2n) is 7.91. The first-order valence-electron chi connectivity index (χ1n) is 10.9. The molecule has 2 aliphatic rings. The third kappa shape index (κ3) is 5.89. The van der Waals surface area contributed by atoms with E-state index in [0.29, 0.717) is 49.5 Å². The van der Waals surface area contributed by atoms with Crippen LogP contribution in [0.25, 0.3) is 0 Å². The van der Waals surface area contributed by atoms with Gasteiger partial charge >= 0.3 is 6.03 Å². The number of hydrogen-bond donors (Lipinski definition) is 3. The van der Waals surface area contributed by atoms with Crippen molar-refractivity contribution in [2.75, 3.05) is 45.8 Å². The number of amides is 4. The van der Waals surface area contributed by atoms with Crippen molar-refractivity contribution in [3.63, 3.8) is 0 Å².